The zero-order valence-electron chi connectivity index (χ0n) is 7.49. The number of rotatable bonds is 0. The van der Waals surface area contributed by atoms with E-state index in [0.717, 1.165) is 0 Å². The smallest absolute Gasteiger partial charge is 0.328 e. The third-order valence-corrected chi connectivity index (χ3v) is 2.27. The molecule has 2 atom stereocenters. The summed E-state index contributed by atoms with van der Waals surface area (Å²) in [6.45, 7) is 0. The molecular formula is C7H10F6N2. The fourth-order valence-corrected chi connectivity index (χ4v) is 1.54. The summed E-state index contributed by atoms with van der Waals surface area (Å²) in [6, 6.07) is -5.43. The van der Waals surface area contributed by atoms with Crippen LogP contribution in [0, 0.1) is 0 Å². The van der Waals surface area contributed by atoms with E-state index in [1.165, 1.54) is 5.32 Å². The molecule has 0 aromatic carbocycles. The van der Waals surface area contributed by atoms with E-state index in [-0.39, 0.29) is 0 Å². The zero-order valence-corrected chi connectivity index (χ0v) is 7.49. The Morgan fingerprint density at radius 1 is 0.867 bits per heavy atom. The van der Waals surface area contributed by atoms with Crippen molar-refractivity contribution in [1.82, 2.24) is 5.32 Å². The molecule has 0 saturated carbocycles. The highest BCUT2D eigenvalue weighted by atomic mass is 19.4. The Morgan fingerprint density at radius 3 is 1.47 bits per heavy atom. The van der Waals surface area contributed by atoms with E-state index >= 15 is 0 Å². The van der Waals surface area contributed by atoms with Gasteiger partial charge in [0.05, 0.1) is 0 Å². The number of hydrogen-bond acceptors (Lipinski definition) is 2. The van der Waals surface area contributed by atoms with E-state index in [1.54, 1.807) is 0 Å². The number of halogens is 6. The van der Waals surface area contributed by atoms with Gasteiger partial charge in [-0.1, -0.05) is 0 Å². The van der Waals surface area contributed by atoms with Crippen molar-refractivity contribution in [2.45, 2.75) is 43.3 Å². The van der Waals surface area contributed by atoms with Crippen molar-refractivity contribution in [3.63, 3.8) is 0 Å². The molecule has 1 aliphatic heterocycles. The van der Waals surface area contributed by atoms with E-state index in [0.29, 0.717) is 0 Å². The number of nitrogens with one attached hydrogen (secondary N) is 1. The molecule has 15 heavy (non-hydrogen) atoms. The second-order valence-corrected chi connectivity index (χ2v) is 3.59. The van der Waals surface area contributed by atoms with Crippen LogP contribution in [-0.2, 0) is 0 Å². The maximum Gasteiger partial charge on any atom is 0.403 e. The molecule has 8 heteroatoms. The van der Waals surface area contributed by atoms with Crippen molar-refractivity contribution >= 4 is 0 Å². The molecule has 0 aromatic heterocycles. The molecule has 0 bridgehead atoms. The molecule has 90 valence electrons. The predicted molar refractivity (Wildman–Crippen MR) is 40.0 cm³/mol. The first-order valence-corrected chi connectivity index (χ1v) is 4.25. The van der Waals surface area contributed by atoms with Crippen molar-refractivity contribution in [2.24, 2.45) is 5.73 Å². The van der Waals surface area contributed by atoms with Crippen LogP contribution >= 0.6 is 0 Å². The minimum Gasteiger partial charge on any atom is -0.328 e. The number of hydrogen-bond donors (Lipinski definition) is 2. The summed E-state index contributed by atoms with van der Waals surface area (Å²) in [4.78, 5) is 0. The summed E-state index contributed by atoms with van der Waals surface area (Å²) in [7, 11) is 0. The monoisotopic (exact) mass is 236 g/mol. The van der Waals surface area contributed by atoms with Gasteiger partial charge in [0.15, 0.2) is 0 Å². The molecule has 2 unspecified atom stereocenters. The molecule has 0 radical (unpaired) electrons. The van der Waals surface area contributed by atoms with Crippen LogP contribution in [0.25, 0.3) is 0 Å². The number of alkyl halides is 6. The van der Waals surface area contributed by atoms with Gasteiger partial charge in [-0.25, -0.2) is 0 Å². The summed E-state index contributed by atoms with van der Waals surface area (Å²) in [6.07, 6.45) is -10.4. The Labute approximate surface area is 81.8 Å². The molecule has 0 aliphatic carbocycles. The van der Waals surface area contributed by atoms with Crippen LogP contribution in [0.5, 0.6) is 0 Å². The van der Waals surface area contributed by atoms with Crippen LogP contribution in [0.4, 0.5) is 26.3 Å². The fourth-order valence-electron chi connectivity index (χ4n) is 1.54. The van der Waals surface area contributed by atoms with E-state index in [1.807, 2.05) is 0 Å². The Kier molecular flexibility index (Phi) is 3.20. The molecule has 1 fully saturated rings. The SMILES string of the molecule is NC1CC(C(F)(F)F)NC(C(F)(F)F)C1. The van der Waals surface area contributed by atoms with Crippen LogP contribution in [0.2, 0.25) is 0 Å². The average Bonchev–Trinajstić information content (AvgIpc) is 1.99. The molecule has 1 aliphatic rings. The summed E-state index contributed by atoms with van der Waals surface area (Å²) in [5.74, 6) is 0. The standard InChI is InChI=1S/C7H10F6N2/c8-6(9,10)4-1-3(14)2-5(15-4)7(11,12)13/h3-5,15H,1-2,14H2. The Morgan fingerprint density at radius 2 is 1.20 bits per heavy atom. The van der Waals surface area contributed by atoms with Crippen molar-refractivity contribution in [3.05, 3.63) is 0 Å². The third kappa shape index (κ3) is 3.23. The highest BCUT2D eigenvalue weighted by Gasteiger charge is 2.50. The van der Waals surface area contributed by atoms with Crippen molar-refractivity contribution in [2.75, 3.05) is 0 Å². The first-order chi connectivity index (χ1) is 6.60. The lowest BCUT2D eigenvalue weighted by molar-refractivity contribution is -0.198. The first-order valence-electron chi connectivity index (χ1n) is 4.25. The Hall–Kier alpha value is -0.500. The molecule has 0 amide bonds. The number of nitrogens with two attached hydrogens (primary N) is 1. The normalized spacial score (nSPS) is 34.2. The summed E-state index contributed by atoms with van der Waals surface area (Å²) in [5.41, 5.74) is 5.17. The summed E-state index contributed by atoms with van der Waals surface area (Å²) in [5, 5.41) is 1.53. The quantitative estimate of drug-likeness (QED) is 0.626. The third-order valence-electron chi connectivity index (χ3n) is 2.27. The summed E-state index contributed by atoms with van der Waals surface area (Å²) >= 11 is 0. The Balaban J connectivity index is 2.73. The van der Waals surface area contributed by atoms with Gasteiger partial charge < -0.3 is 5.73 Å². The minimum absolute atomic E-state index is 0.518. The molecular weight excluding hydrogens is 226 g/mol. The maximum absolute atomic E-state index is 12.2. The zero-order chi connectivity index (χ0) is 11.9. The first kappa shape index (κ1) is 12.6. The topological polar surface area (TPSA) is 38.0 Å². The fraction of sp³-hybridized carbons (Fsp3) is 1.00. The van der Waals surface area contributed by atoms with Crippen LogP contribution in [0.3, 0.4) is 0 Å². The second-order valence-electron chi connectivity index (χ2n) is 3.59. The lowest BCUT2D eigenvalue weighted by atomic mass is 9.93. The van der Waals surface area contributed by atoms with Gasteiger partial charge >= 0.3 is 12.4 Å². The van der Waals surface area contributed by atoms with Gasteiger partial charge in [0.25, 0.3) is 0 Å². The largest absolute Gasteiger partial charge is 0.403 e. The van der Waals surface area contributed by atoms with E-state index in [9.17, 15) is 26.3 Å². The van der Waals surface area contributed by atoms with Crippen LogP contribution in [0.1, 0.15) is 12.8 Å². The van der Waals surface area contributed by atoms with Gasteiger partial charge in [0.1, 0.15) is 12.1 Å². The molecule has 3 N–H and O–H groups in total. The van der Waals surface area contributed by atoms with E-state index in [4.69, 9.17) is 5.73 Å². The highest BCUT2D eigenvalue weighted by Crippen LogP contribution is 2.32. The Bertz CT molecular complexity index is 201. The highest BCUT2D eigenvalue weighted by molar-refractivity contribution is 4.93. The molecule has 0 aromatic rings. The van der Waals surface area contributed by atoms with Crippen LogP contribution in [0.15, 0.2) is 0 Å². The van der Waals surface area contributed by atoms with Gasteiger partial charge in [0, 0.05) is 6.04 Å². The molecule has 2 nitrogen and oxygen atoms in total. The molecule has 0 spiro atoms. The maximum atomic E-state index is 12.2. The van der Waals surface area contributed by atoms with Gasteiger partial charge in [-0.2, -0.15) is 26.3 Å². The van der Waals surface area contributed by atoms with E-state index in [2.05, 4.69) is 0 Å². The van der Waals surface area contributed by atoms with Crippen LogP contribution in [-0.4, -0.2) is 30.5 Å². The van der Waals surface area contributed by atoms with Gasteiger partial charge in [-0.05, 0) is 12.8 Å². The summed E-state index contributed by atoms with van der Waals surface area (Å²) < 4.78 is 73.1. The predicted octanol–water partition coefficient (Wildman–Crippen LogP) is 1.56. The minimum atomic E-state index is -4.69. The van der Waals surface area contributed by atoms with Crippen molar-refractivity contribution < 1.29 is 26.3 Å². The molecule has 1 rings (SSSR count). The lowest BCUT2D eigenvalue weighted by Crippen LogP contribution is -2.60. The van der Waals surface area contributed by atoms with Crippen molar-refractivity contribution in [3.8, 4) is 0 Å². The van der Waals surface area contributed by atoms with Gasteiger partial charge in [0.2, 0.25) is 0 Å². The molecule has 1 saturated heterocycles. The van der Waals surface area contributed by atoms with Crippen molar-refractivity contribution in [1.29, 1.82) is 0 Å². The lowest BCUT2D eigenvalue weighted by Gasteiger charge is -2.36. The van der Waals surface area contributed by atoms with Crippen LogP contribution < -0.4 is 11.1 Å². The second kappa shape index (κ2) is 3.82. The van der Waals surface area contributed by atoms with Gasteiger partial charge in [-0.15, -0.1) is 0 Å². The average molecular weight is 236 g/mol. The number of piperidine rings is 1. The van der Waals surface area contributed by atoms with Gasteiger partial charge in [-0.3, -0.25) is 5.32 Å². The van der Waals surface area contributed by atoms with E-state index < -0.39 is 43.3 Å². The molecule has 1 heterocycles.